The van der Waals surface area contributed by atoms with E-state index >= 15 is 0 Å². The average Bonchev–Trinajstić information content (AvgIpc) is 2.36. The van der Waals surface area contributed by atoms with Crippen LogP contribution in [0.4, 0.5) is 0 Å². The van der Waals surface area contributed by atoms with Gasteiger partial charge in [-0.05, 0) is 35.1 Å². The van der Waals surface area contributed by atoms with Gasteiger partial charge in [0.1, 0.15) is 0 Å². The Labute approximate surface area is 102 Å². The topological polar surface area (TPSA) is 20.2 Å². The van der Waals surface area contributed by atoms with E-state index in [1.54, 1.807) is 0 Å². The summed E-state index contributed by atoms with van der Waals surface area (Å²) in [5, 5.41) is 10.2. The molecule has 0 heterocycles. The minimum atomic E-state index is -0.394. The Morgan fingerprint density at radius 1 is 0.706 bits per heavy atom. The van der Waals surface area contributed by atoms with Crippen molar-refractivity contribution in [1.82, 2.24) is 0 Å². The van der Waals surface area contributed by atoms with Crippen LogP contribution in [-0.2, 0) is 19.3 Å². The zero-order chi connectivity index (χ0) is 11.7. The van der Waals surface area contributed by atoms with Gasteiger partial charge in [-0.1, -0.05) is 48.5 Å². The fourth-order valence-corrected chi connectivity index (χ4v) is 2.38. The molecule has 0 amide bonds. The molecule has 0 unspecified atom stereocenters. The summed E-state index contributed by atoms with van der Waals surface area (Å²) in [6.07, 6.45) is 2.45. The molecule has 1 N–H and O–H groups in total. The molecule has 86 valence electrons. The van der Waals surface area contributed by atoms with E-state index in [4.69, 9.17) is 0 Å². The van der Waals surface area contributed by atoms with Crippen molar-refractivity contribution in [2.45, 2.75) is 25.4 Å². The summed E-state index contributed by atoms with van der Waals surface area (Å²) < 4.78 is 0. The van der Waals surface area contributed by atoms with Crippen molar-refractivity contribution in [1.29, 1.82) is 0 Å². The highest BCUT2D eigenvalue weighted by Crippen LogP contribution is 2.21. The molecule has 0 spiro atoms. The van der Waals surface area contributed by atoms with E-state index in [1.165, 1.54) is 16.7 Å². The smallest absolute Gasteiger partial charge is 0.0830 e. The van der Waals surface area contributed by atoms with Crippen molar-refractivity contribution in [3.63, 3.8) is 0 Å². The molecule has 0 saturated heterocycles. The van der Waals surface area contributed by atoms with E-state index in [-0.39, 0.29) is 0 Å². The van der Waals surface area contributed by atoms with Crippen LogP contribution in [0, 0.1) is 0 Å². The molecule has 0 fully saturated rings. The number of hydrogen-bond donors (Lipinski definition) is 1. The molecule has 4 aliphatic carbocycles. The van der Waals surface area contributed by atoms with Gasteiger partial charge in [-0.25, -0.2) is 0 Å². The first kappa shape index (κ1) is 10.5. The van der Waals surface area contributed by atoms with E-state index in [1.807, 2.05) is 12.1 Å². The van der Waals surface area contributed by atoms with Crippen LogP contribution in [0.25, 0.3) is 0 Å². The van der Waals surface area contributed by atoms with Crippen molar-refractivity contribution >= 4 is 0 Å². The van der Waals surface area contributed by atoms with Crippen LogP contribution in [0.15, 0.2) is 48.5 Å². The normalized spacial score (nSPS) is 18.8. The molecular weight excluding hydrogens is 208 g/mol. The fraction of sp³-hybridized carbons (Fsp3) is 0.250. The molecule has 0 radical (unpaired) electrons. The number of aryl methyl sites for hydroxylation is 2. The van der Waals surface area contributed by atoms with Crippen molar-refractivity contribution < 1.29 is 5.11 Å². The average molecular weight is 224 g/mol. The maximum Gasteiger partial charge on any atom is 0.0830 e. The lowest BCUT2D eigenvalue weighted by Gasteiger charge is -2.14. The Bertz CT molecular complexity index is 496. The van der Waals surface area contributed by atoms with Gasteiger partial charge in [0.2, 0.25) is 0 Å². The lowest BCUT2D eigenvalue weighted by Crippen LogP contribution is -2.03. The molecule has 4 bridgehead atoms. The van der Waals surface area contributed by atoms with Crippen molar-refractivity contribution in [3.05, 3.63) is 70.8 Å². The summed E-state index contributed by atoms with van der Waals surface area (Å²) in [6, 6.07) is 17.0. The fourth-order valence-electron chi connectivity index (χ4n) is 2.38. The Kier molecular flexibility index (Phi) is 2.69. The summed E-state index contributed by atoms with van der Waals surface area (Å²) >= 11 is 0. The molecule has 17 heavy (non-hydrogen) atoms. The van der Waals surface area contributed by atoms with Crippen molar-refractivity contribution in [3.8, 4) is 0 Å². The van der Waals surface area contributed by atoms with Gasteiger partial charge < -0.3 is 5.11 Å². The van der Waals surface area contributed by atoms with Gasteiger partial charge in [0, 0.05) is 6.42 Å². The van der Waals surface area contributed by atoms with E-state index in [0.717, 1.165) is 18.4 Å². The van der Waals surface area contributed by atoms with Gasteiger partial charge in [0.25, 0.3) is 0 Å². The molecular formula is C16H16O. The summed E-state index contributed by atoms with van der Waals surface area (Å²) in [4.78, 5) is 0. The summed E-state index contributed by atoms with van der Waals surface area (Å²) in [5.41, 5.74) is 4.92. The van der Waals surface area contributed by atoms with Crippen LogP contribution in [0.5, 0.6) is 0 Å². The van der Waals surface area contributed by atoms with Gasteiger partial charge in [-0.2, -0.15) is 0 Å². The molecule has 6 rings (SSSR count). The van der Waals surface area contributed by atoms with Crippen molar-refractivity contribution in [2.24, 2.45) is 0 Å². The highest BCUT2D eigenvalue weighted by molar-refractivity contribution is 5.30. The molecule has 2 aromatic carbocycles. The standard InChI is InChI=1S/C16H16O/c17-16-11-14-5-3-12(4-6-14)1-2-13-7-9-15(16)10-8-13/h3-10,16-17H,1-2,11H2/t16-/m0/s1. The summed E-state index contributed by atoms with van der Waals surface area (Å²) in [5.74, 6) is 0. The minimum absolute atomic E-state index is 0.394. The number of hydrogen-bond acceptors (Lipinski definition) is 1. The van der Waals surface area contributed by atoms with Gasteiger partial charge in [-0.15, -0.1) is 0 Å². The molecule has 4 aliphatic rings. The Morgan fingerprint density at radius 3 is 1.76 bits per heavy atom. The lowest BCUT2D eigenvalue weighted by atomic mass is 9.95. The molecule has 0 saturated carbocycles. The third kappa shape index (κ3) is 2.25. The van der Waals surface area contributed by atoms with Crippen LogP contribution in [0.1, 0.15) is 28.4 Å². The number of rotatable bonds is 0. The first-order valence-electron chi connectivity index (χ1n) is 6.16. The SMILES string of the molecule is O[C@H]1Cc2ccc(cc2)CCc2ccc1cc2. The molecule has 0 aliphatic heterocycles. The van der Waals surface area contributed by atoms with E-state index < -0.39 is 6.10 Å². The molecule has 1 atom stereocenters. The Hall–Kier alpha value is -1.60. The van der Waals surface area contributed by atoms with Crippen LogP contribution >= 0.6 is 0 Å². The Morgan fingerprint density at radius 2 is 1.18 bits per heavy atom. The van der Waals surface area contributed by atoms with Crippen LogP contribution in [0.3, 0.4) is 0 Å². The molecule has 1 nitrogen and oxygen atoms in total. The zero-order valence-electron chi connectivity index (χ0n) is 9.76. The number of aliphatic hydroxyl groups is 1. The largest absolute Gasteiger partial charge is 0.388 e. The summed E-state index contributed by atoms with van der Waals surface area (Å²) in [6.45, 7) is 0. The molecule has 0 aromatic heterocycles. The highest BCUT2D eigenvalue weighted by atomic mass is 16.3. The monoisotopic (exact) mass is 224 g/mol. The quantitative estimate of drug-likeness (QED) is 0.729. The second kappa shape index (κ2) is 4.34. The van der Waals surface area contributed by atoms with Gasteiger partial charge in [0.15, 0.2) is 0 Å². The molecule has 2 aromatic rings. The van der Waals surface area contributed by atoms with Crippen LogP contribution in [-0.4, -0.2) is 5.11 Å². The first-order chi connectivity index (χ1) is 8.31. The van der Waals surface area contributed by atoms with Gasteiger partial charge in [-0.3, -0.25) is 0 Å². The maximum atomic E-state index is 10.2. The lowest BCUT2D eigenvalue weighted by molar-refractivity contribution is 0.178. The predicted octanol–water partition coefficient (Wildman–Crippen LogP) is 3.06. The summed E-state index contributed by atoms with van der Waals surface area (Å²) in [7, 11) is 0. The second-order valence-corrected chi connectivity index (χ2v) is 4.78. The third-order valence-corrected chi connectivity index (χ3v) is 3.52. The first-order valence-corrected chi connectivity index (χ1v) is 6.16. The Balaban J connectivity index is 2.02. The van der Waals surface area contributed by atoms with Crippen molar-refractivity contribution in [2.75, 3.05) is 0 Å². The number of benzene rings is 2. The van der Waals surface area contributed by atoms with Crippen LogP contribution < -0.4 is 0 Å². The van der Waals surface area contributed by atoms with E-state index in [2.05, 4.69) is 36.4 Å². The molecule has 1 heteroatoms. The second-order valence-electron chi connectivity index (χ2n) is 4.78. The number of aliphatic hydroxyl groups excluding tert-OH is 1. The van der Waals surface area contributed by atoms with E-state index in [9.17, 15) is 5.11 Å². The van der Waals surface area contributed by atoms with Gasteiger partial charge in [0.05, 0.1) is 6.10 Å². The zero-order valence-corrected chi connectivity index (χ0v) is 9.76. The maximum absolute atomic E-state index is 10.2. The van der Waals surface area contributed by atoms with Crippen LogP contribution in [0.2, 0.25) is 0 Å². The third-order valence-electron chi connectivity index (χ3n) is 3.52. The highest BCUT2D eigenvalue weighted by Gasteiger charge is 2.10. The predicted molar refractivity (Wildman–Crippen MR) is 69.0 cm³/mol. The van der Waals surface area contributed by atoms with E-state index in [0.29, 0.717) is 6.42 Å². The minimum Gasteiger partial charge on any atom is -0.388 e. The van der Waals surface area contributed by atoms with Gasteiger partial charge >= 0.3 is 0 Å².